The number of halogens is 1. The Hall–Kier alpha value is -2.49. The number of aromatic nitrogens is 2. The van der Waals surface area contributed by atoms with Crippen LogP contribution in [0.5, 0.6) is 0 Å². The van der Waals surface area contributed by atoms with Gasteiger partial charge in [0.05, 0.1) is 20.8 Å². The zero-order valence-corrected chi connectivity index (χ0v) is 16.8. The molecule has 0 radical (unpaired) electrons. The molecule has 0 fully saturated rings. The van der Waals surface area contributed by atoms with E-state index in [9.17, 15) is 12.8 Å². The maximum Gasteiger partial charge on any atom is 0.261 e. The number of hydrogen-bond donors (Lipinski definition) is 1. The zero-order valence-electron chi connectivity index (χ0n) is 14.4. The lowest BCUT2D eigenvalue weighted by Gasteiger charge is -2.07. The lowest BCUT2D eigenvalue weighted by Crippen LogP contribution is -2.12. The second-order valence-electron chi connectivity index (χ2n) is 5.87. The maximum absolute atomic E-state index is 13.0. The molecule has 4 aromatic rings. The van der Waals surface area contributed by atoms with E-state index in [1.54, 1.807) is 36.2 Å². The fourth-order valence-electron chi connectivity index (χ4n) is 2.49. The third-order valence-electron chi connectivity index (χ3n) is 3.83. The number of nitrogens with one attached hydrogen (secondary N) is 1. The average Bonchev–Trinajstić information content (AvgIpc) is 3.09. The second-order valence-corrected chi connectivity index (χ2v) is 9.81. The summed E-state index contributed by atoms with van der Waals surface area (Å²) in [6, 6.07) is 13.8. The molecule has 0 aliphatic carbocycles. The third kappa shape index (κ3) is 4.32. The van der Waals surface area contributed by atoms with E-state index >= 15 is 0 Å². The number of thiazole rings is 1. The Morgan fingerprint density at radius 1 is 1.11 bits per heavy atom. The molecule has 0 aliphatic heterocycles. The highest BCUT2D eigenvalue weighted by molar-refractivity contribution is 8.00. The summed E-state index contributed by atoms with van der Waals surface area (Å²) in [5.41, 5.74) is 2.35. The monoisotopic (exact) mass is 431 g/mol. The highest BCUT2D eigenvalue weighted by Gasteiger charge is 2.15. The van der Waals surface area contributed by atoms with Gasteiger partial charge >= 0.3 is 0 Å². The average molecular weight is 432 g/mol. The Morgan fingerprint density at radius 2 is 1.93 bits per heavy atom. The first-order valence-electron chi connectivity index (χ1n) is 8.20. The predicted octanol–water partition coefficient (Wildman–Crippen LogP) is 4.92. The third-order valence-corrected chi connectivity index (χ3v) is 7.46. The van der Waals surface area contributed by atoms with Gasteiger partial charge in [-0.2, -0.15) is 0 Å². The minimum atomic E-state index is -3.78. The van der Waals surface area contributed by atoms with Crippen LogP contribution in [-0.4, -0.2) is 18.4 Å². The number of nitrogens with zero attached hydrogens (tertiary/aromatic N) is 2. The molecule has 0 unspecified atom stereocenters. The molecule has 0 amide bonds. The molecule has 142 valence electrons. The molecule has 0 aliphatic rings. The number of anilines is 1. The van der Waals surface area contributed by atoms with E-state index in [4.69, 9.17) is 0 Å². The molecule has 0 saturated carbocycles. The maximum atomic E-state index is 13.0. The van der Waals surface area contributed by atoms with Gasteiger partial charge in [-0.05, 0) is 54.1 Å². The van der Waals surface area contributed by atoms with Crippen molar-refractivity contribution in [3.05, 3.63) is 78.4 Å². The van der Waals surface area contributed by atoms with E-state index in [-0.39, 0.29) is 4.90 Å². The molecule has 1 N–H and O–H groups in total. The summed E-state index contributed by atoms with van der Waals surface area (Å²) in [6.45, 7) is 0. The smallest absolute Gasteiger partial charge is 0.261 e. The number of thioether (sulfide) groups is 1. The SMILES string of the molecule is O=S(=O)(Nc1ccc2nc(SCc3cccnc3)sc2c1)c1ccc(F)cc1. The molecule has 9 heteroatoms. The van der Waals surface area contributed by atoms with E-state index in [1.165, 1.54) is 23.5 Å². The molecule has 0 atom stereocenters. The summed E-state index contributed by atoms with van der Waals surface area (Å²) in [5.74, 6) is 0.277. The number of hydrogen-bond acceptors (Lipinski definition) is 6. The fourth-order valence-corrected chi connectivity index (χ4v) is 5.58. The summed E-state index contributed by atoms with van der Waals surface area (Å²) in [5, 5.41) is 0. The molecule has 0 bridgehead atoms. The molecule has 28 heavy (non-hydrogen) atoms. The summed E-state index contributed by atoms with van der Waals surface area (Å²) in [7, 11) is -3.78. The molecule has 2 heterocycles. The van der Waals surface area contributed by atoms with Crippen LogP contribution in [0.2, 0.25) is 0 Å². The Kier molecular flexibility index (Phi) is 5.29. The summed E-state index contributed by atoms with van der Waals surface area (Å²) in [4.78, 5) is 8.68. The minimum absolute atomic E-state index is 0.00557. The topological polar surface area (TPSA) is 72.0 Å². The Balaban J connectivity index is 1.52. The Labute approximate surface area is 169 Å². The number of sulfonamides is 1. The van der Waals surface area contributed by atoms with E-state index in [0.717, 1.165) is 38.0 Å². The van der Waals surface area contributed by atoms with Gasteiger partial charge in [-0.3, -0.25) is 9.71 Å². The van der Waals surface area contributed by atoms with Crippen molar-refractivity contribution < 1.29 is 12.8 Å². The predicted molar refractivity (Wildman–Crippen MR) is 111 cm³/mol. The number of pyridine rings is 1. The van der Waals surface area contributed by atoms with Crippen molar-refractivity contribution >= 4 is 49.0 Å². The van der Waals surface area contributed by atoms with Crippen LogP contribution >= 0.6 is 23.1 Å². The van der Waals surface area contributed by atoms with Crippen LogP contribution in [0.25, 0.3) is 10.2 Å². The number of rotatable bonds is 6. The van der Waals surface area contributed by atoms with Gasteiger partial charge in [0.2, 0.25) is 0 Å². The van der Waals surface area contributed by atoms with Crippen LogP contribution in [0.4, 0.5) is 10.1 Å². The van der Waals surface area contributed by atoms with Gasteiger partial charge in [-0.25, -0.2) is 17.8 Å². The highest BCUT2D eigenvalue weighted by atomic mass is 32.2. The van der Waals surface area contributed by atoms with Crippen LogP contribution in [0.1, 0.15) is 5.56 Å². The lowest BCUT2D eigenvalue weighted by atomic mass is 10.3. The zero-order chi connectivity index (χ0) is 19.6. The van der Waals surface area contributed by atoms with Crippen molar-refractivity contribution in [2.45, 2.75) is 15.0 Å². The van der Waals surface area contributed by atoms with E-state index in [2.05, 4.69) is 14.7 Å². The molecular formula is C19H14FN3O2S3. The number of fused-ring (bicyclic) bond motifs is 1. The highest BCUT2D eigenvalue weighted by Crippen LogP contribution is 2.33. The van der Waals surface area contributed by atoms with Crippen molar-refractivity contribution in [2.75, 3.05) is 4.72 Å². The summed E-state index contributed by atoms with van der Waals surface area (Å²) >= 11 is 3.11. The summed E-state index contributed by atoms with van der Waals surface area (Å²) in [6.07, 6.45) is 3.56. The van der Waals surface area contributed by atoms with Crippen molar-refractivity contribution in [3.63, 3.8) is 0 Å². The molecule has 4 rings (SSSR count). The first-order chi connectivity index (χ1) is 13.5. The molecular weight excluding hydrogens is 417 g/mol. The summed E-state index contributed by atoms with van der Waals surface area (Å²) < 4.78 is 42.2. The van der Waals surface area contributed by atoms with Crippen LogP contribution in [0, 0.1) is 5.82 Å². The van der Waals surface area contributed by atoms with Crippen molar-refractivity contribution in [1.29, 1.82) is 0 Å². The molecule has 2 aromatic heterocycles. The van der Waals surface area contributed by atoms with Gasteiger partial charge in [-0.1, -0.05) is 17.8 Å². The van der Waals surface area contributed by atoms with Gasteiger partial charge in [0.1, 0.15) is 5.82 Å². The van der Waals surface area contributed by atoms with Gasteiger partial charge in [0.15, 0.2) is 4.34 Å². The minimum Gasteiger partial charge on any atom is -0.280 e. The Morgan fingerprint density at radius 3 is 2.68 bits per heavy atom. The van der Waals surface area contributed by atoms with Gasteiger partial charge < -0.3 is 0 Å². The first kappa shape index (κ1) is 18.9. The van der Waals surface area contributed by atoms with Crippen LogP contribution in [0.3, 0.4) is 0 Å². The molecule has 5 nitrogen and oxygen atoms in total. The standard InChI is InChI=1S/C19H14FN3O2S3/c20-14-3-6-16(7-4-14)28(24,25)23-15-5-8-17-18(10-15)27-19(22-17)26-12-13-2-1-9-21-11-13/h1-11,23H,12H2. The Bertz CT molecular complexity index is 1210. The van der Waals surface area contributed by atoms with E-state index in [1.807, 2.05) is 18.3 Å². The van der Waals surface area contributed by atoms with Crippen LogP contribution in [-0.2, 0) is 15.8 Å². The normalized spacial score (nSPS) is 11.6. The largest absolute Gasteiger partial charge is 0.280 e. The van der Waals surface area contributed by atoms with Crippen LogP contribution in [0.15, 0.2) is 76.2 Å². The van der Waals surface area contributed by atoms with Crippen LogP contribution < -0.4 is 4.72 Å². The van der Waals surface area contributed by atoms with Crippen molar-refractivity contribution in [3.8, 4) is 0 Å². The van der Waals surface area contributed by atoms with Gasteiger partial charge in [0.25, 0.3) is 10.0 Å². The van der Waals surface area contributed by atoms with E-state index in [0.29, 0.717) is 5.69 Å². The van der Waals surface area contributed by atoms with Crippen molar-refractivity contribution in [2.24, 2.45) is 0 Å². The lowest BCUT2D eigenvalue weighted by molar-refractivity contribution is 0.599. The van der Waals surface area contributed by atoms with E-state index < -0.39 is 15.8 Å². The fraction of sp³-hybridized carbons (Fsp3) is 0.0526. The number of benzene rings is 2. The van der Waals surface area contributed by atoms with Gasteiger partial charge in [-0.15, -0.1) is 11.3 Å². The molecule has 0 spiro atoms. The molecule has 0 saturated heterocycles. The second kappa shape index (κ2) is 7.86. The quantitative estimate of drug-likeness (QED) is 0.439. The van der Waals surface area contributed by atoms with Gasteiger partial charge in [0, 0.05) is 18.1 Å². The molecule has 2 aromatic carbocycles. The van der Waals surface area contributed by atoms with Crippen molar-refractivity contribution in [1.82, 2.24) is 9.97 Å². The first-order valence-corrected chi connectivity index (χ1v) is 11.5.